The van der Waals surface area contributed by atoms with E-state index in [1.165, 1.54) is 12.4 Å². The van der Waals surface area contributed by atoms with Gasteiger partial charge in [0, 0.05) is 20.9 Å². The standard InChI is InChI=1S/C4H3FN2.C4H9N.H2/c5-4-3-6-1-2-7-4;1-4(2)5-3;/h1-3H;5H,1H2,2-3H3;1H. The fraction of sp³-hybridized carbons (Fsp3) is 0.250. The van der Waals surface area contributed by atoms with Gasteiger partial charge in [0.2, 0.25) is 5.95 Å². The molecule has 3 nitrogen and oxygen atoms in total. The lowest BCUT2D eigenvalue weighted by atomic mass is 10.6. The van der Waals surface area contributed by atoms with E-state index in [-0.39, 0.29) is 1.43 Å². The zero-order valence-electron chi connectivity index (χ0n) is 7.21. The van der Waals surface area contributed by atoms with E-state index in [0.29, 0.717) is 0 Å². The maximum Gasteiger partial charge on any atom is 0.231 e. The average molecular weight is 171 g/mol. The summed E-state index contributed by atoms with van der Waals surface area (Å²) in [6, 6.07) is 0. The molecule has 1 heterocycles. The normalized spacial score (nSPS) is 7.92. The molecule has 12 heavy (non-hydrogen) atoms. The quantitative estimate of drug-likeness (QED) is 0.697. The van der Waals surface area contributed by atoms with Crippen LogP contribution in [0.15, 0.2) is 30.9 Å². The molecule has 0 bridgehead atoms. The van der Waals surface area contributed by atoms with Crippen molar-refractivity contribution < 1.29 is 5.82 Å². The molecule has 1 N–H and O–H groups in total. The first-order valence-electron chi connectivity index (χ1n) is 3.41. The Bertz CT molecular complexity index is 228. The first kappa shape index (κ1) is 10.6. The second-order valence-electron chi connectivity index (χ2n) is 2.06. The minimum Gasteiger partial charge on any atom is -0.392 e. The highest BCUT2D eigenvalue weighted by Gasteiger charge is 1.80. The average Bonchev–Trinajstić information content (AvgIpc) is 2.07. The van der Waals surface area contributed by atoms with Gasteiger partial charge in [0.1, 0.15) is 0 Å². The number of nitrogens with zero attached hydrogens (tertiary/aromatic N) is 2. The topological polar surface area (TPSA) is 37.8 Å². The molecule has 0 aliphatic rings. The van der Waals surface area contributed by atoms with Crippen LogP contribution in [0, 0.1) is 5.95 Å². The Labute approximate surface area is 72.8 Å². The van der Waals surface area contributed by atoms with Gasteiger partial charge in [-0.2, -0.15) is 4.39 Å². The number of hydrogen-bond donors (Lipinski definition) is 1. The van der Waals surface area contributed by atoms with Crippen LogP contribution in [0.4, 0.5) is 4.39 Å². The van der Waals surface area contributed by atoms with Crippen molar-refractivity contribution in [2.45, 2.75) is 6.92 Å². The minimum atomic E-state index is -0.539. The van der Waals surface area contributed by atoms with E-state index < -0.39 is 5.95 Å². The van der Waals surface area contributed by atoms with Crippen molar-refractivity contribution in [3.05, 3.63) is 36.8 Å². The molecule has 0 aliphatic carbocycles. The first-order chi connectivity index (χ1) is 5.66. The monoisotopic (exact) mass is 171 g/mol. The smallest absolute Gasteiger partial charge is 0.231 e. The molecule has 0 aromatic carbocycles. The lowest BCUT2D eigenvalue weighted by molar-refractivity contribution is 0.576. The minimum absolute atomic E-state index is 0. The number of allylic oxidation sites excluding steroid dienone is 1. The highest BCUT2D eigenvalue weighted by atomic mass is 19.1. The van der Waals surface area contributed by atoms with E-state index >= 15 is 0 Å². The van der Waals surface area contributed by atoms with Crippen LogP contribution in [0.3, 0.4) is 0 Å². The number of rotatable bonds is 1. The summed E-state index contributed by atoms with van der Waals surface area (Å²) in [4.78, 5) is 6.70. The molecule has 1 rings (SSSR count). The fourth-order valence-corrected chi connectivity index (χ4v) is 0.281. The van der Waals surface area contributed by atoms with E-state index in [1.807, 2.05) is 14.0 Å². The Kier molecular flexibility index (Phi) is 5.51. The second-order valence-corrected chi connectivity index (χ2v) is 2.06. The molecule has 0 amide bonds. The molecular weight excluding hydrogens is 157 g/mol. The Morgan fingerprint density at radius 1 is 1.67 bits per heavy atom. The van der Waals surface area contributed by atoms with Crippen LogP contribution in [0.25, 0.3) is 0 Å². The van der Waals surface area contributed by atoms with E-state index in [0.717, 1.165) is 11.9 Å². The molecule has 1 aromatic rings. The van der Waals surface area contributed by atoms with Crippen LogP contribution < -0.4 is 5.32 Å². The Morgan fingerprint density at radius 3 is 2.42 bits per heavy atom. The van der Waals surface area contributed by atoms with Crippen LogP contribution >= 0.6 is 0 Å². The molecule has 0 radical (unpaired) electrons. The molecule has 4 heteroatoms. The van der Waals surface area contributed by atoms with Gasteiger partial charge in [-0.25, -0.2) is 4.98 Å². The molecule has 0 saturated carbocycles. The van der Waals surface area contributed by atoms with Gasteiger partial charge in [-0.1, -0.05) is 6.58 Å². The predicted molar refractivity (Wildman–Crippen MR) is 48.0 cm³/mol. The van der Waals surface area contributed by atoms with Gasteiger partial charge in [0.05, 0.1) is 6.20 Å². The highest BCUT2D eigenvalue weighted by Crippen LogP contribution is 1.81. The summed E-state index contributed by atoms with van der Waals surface area (Å²) in [7, 11) is 1.85. The Balaban J connectivity index is 0. The molecule has 0 fully saturated rings. The third kappa shape index (κ3) is 6.67. The third-order valence-electron chi connectivity index (χ3n) is 0.958. The third-order valence-corrected chi connectivity index (χ3v) is 0.958. The van der Waals surface area contributed by atoms with Crippen LogP contribution in [-0.4, -0.2) is 17.0 Å². The second kappa shape index (κ2) is 6.27. The maximum absolute atomic E-state index is 11.7. The van der Waals surface area contributed by atoms with Gasteiger partial charge in [-0.05, 0) is 12.6 Å². The zero-order valence-corrected chi connectivity index (χ0v) is 7.21. The number of hydrogen-bond acceptors (Lipinski definition) is 3. The molecule has 0 atom stereocenters. The van der Waals surface area contributed by atoms with Gasteiger partial charge in [0.15, 0.2) is 0 Å². The summed E-state index contributed by atoms with van der Waals surface area (Å²) in [5.74, 6) is -0.539. The number of halogens is 1. The van der Waals surface area contributed by atoms with Crippen molar-refractivity contribution in [2.24, 2.45) is 0 Å². The summed E-state index contributed by atoms with van der Waals surface area (Å²) in [5, 5.41) is 2.83. The highest BCUT2D eigenvalue weighted by molar-refractivity contribution is 4.80. The SMILES string of the molecule is C=C(C)NC.Fc1cnccn1.[HH]. The Morgan fingerprint density at radius 2 is 2.25 bits per heavy atom. The van der Waals surface area contributed by atoms with E-state index in [1.54, 1.807) is 0 Å². The molecule has 0 unspecified atom stereocenters. The summed E-state index contributed by atoms with van der Waals surface area (Å²) in [5.41, 5.74) is 1.00. The molecule has 0 aliphatic heterocycles. The lowest BCUT2D eigenvalue weighted by Crippen LogP contribution is -1.98. The zero-order chi connectivity index (χ0) is 9.40. The number of aromatic nitrogens is 2. The van der Waals surface area contributed by atoms with Gasteiger partial charge >= 0.3 is 0 Å². The maximum atomic E-state index is 11.7. The lowest BCUT2D eigenvalue weighted by Gasteiger charge is -1.87. The van der Waals surface area contributed by atoms with Crippen molar-refractivity contribution in [2.75, 3.05) is 7.05 Å². The van der Waals surface area contributed by atoms with Crippen LogP contribution in [0.5, 0.6) is 0 Å². The predicted octanol–water partition coefficient (Wildman–Crippen LogP) is 1.60. The molecule has 1 aromatic heterocycles. The van der Waals surface area contributed by atoms with Crippen LogP contribution in [0.1, 0.15) is 8.35 Å². The summed E-state index contributed by atoms with van der Waals surface area (Å²) >= 11 is 0. The van der Waals surface area contributed by atoms with E-state index in [4.69, 9.17) is 0 Å². The van der Waals surface area contributed by atoms with Gasteiger partial charge in [-0.15, -0.1) is 0 Å². The van der Waals surface area contributed by atoms with Crippen molar-refractivity contribution in [3.8, 4) is 0 Å². The summed E-state index contributed by atoms with van der Waals surface area (Å²) < 4.78 is 11.7. The molecule has 0 saturated heterocycles. The molecule has 0 spiro atoms. The van der Waals surface area contributed by atoms with Crippen molar-refractivity contribution >= 4 is 0 Å². The largest absolute Gasteiger partial charge is 0.392 e. The van der Waals surface area contributed by atoms with Gasteiger partial charge < -0.3 is 5.32 Å². The summed E-state index contributed by atoms with van der Waals surface area (Å²) in [6.07, 6.45) is 3.78. The fourth-order valence-electron chi connectivity index (χ4n) is 0.281. The van der Waals surface area contributed by atoms with E-state index in [2.05, 4.69) is 21.9 Å². The van der Waals surface area contributed by atoms with Gasteiger partial charge in [-0.3, -0.25) is 4.98 Å². The van der Waals surface area contributed by atoms with Crippen molar-refractivity contribution in [1.82, 2.24) is 15.3 Å². The van der Waals surface area contributed by atoms with E-state index in [9.17, 15) is 4.39 Å². The first-order valence-corrected chi connectivity index (χ1v) is 3.41. The van der Waals surface area contributed by atoms with Crippen molar-refractivity contribution in [3.63, 3.8) is 0 Å². The Hall–Kier alpha value is -1.45. The number of nitrogens with one attached hydrogen (secondary N) is 1. The van der Waals surface area contributed by atoms with Crippen LogP contribution in [0.2, 0.25) is 0 Å². The van der Waals surface area contributed by atoms with Crippen molar-refractivity contribution in [1.29, 1.82) is 0 Å². The summed E-state index contributed by atoms with van der Waals surface area (Å²) in [6.45, 7) is 5.48. The molecular formula is C8H14FN3. The van der Waals surface area contributed by atoms with Gasteiger partial charge in [0.25, 0.3) is 0 Å². The van der Waals surface area contributed by atoms with Crippen LogP contribution in [-0.2, 0) is 0 Å². The molecule has 68 valence electrons.